The standard InChI is InChI=1S/C10H8S2.6CH3.2Sn/c1-7-3-5-11-9(7)10-8(2)4-6-12-10;;;;;;;;/h3-4H,1-2H3;6*1H3;;. The summed E-state index contributed by atoms with van der Waals surface area (Å²) in [4.78, 5) is 18.2. The zero-order valence-corrected chi connectivity index (χ0v) is 21.3. The first-order chi connectivity index (χ1) is 9.00. The second-order valence-corrected chi connectivity index (χ2v) is 40.7. The summed E-state index contributed by atoms with van der Waals surface area (Å²) in [5, 5.41) is 0. The summed E-state index contributed by atoms with van der Waals surface area (Å²) in [6.07, 6.45) is 0. The van der Waals surface area contributed by atoms with Crippen LogP contribution in [0.1, 0.15) is 11.1 Å². The summed E-state index contributed by atoms with van der Waals surface area (Å²) in [6.45, 7) is 4.60. The van der Waals surface area contributed by atoms with Crippen LogP contribution in [0.4, 0.5) is 0 Å². The Kier molecular flexibility index (Phi) is 5.11. The van der Waals surface area contributed by atoms with E-state index in [9.17, 15) is 0 Å². The molecule has 20 heavy (non-hydrogen) atoms. The van der Waals surface area contributed by atoms with Gasteiger partial charge in [0.2, 0.25) is 0 Å². The molecule has 0 nitrogen and oxygen atoms in total. The molecule has 0 aliphatic heterocycles. The van der Waals surface area contributed by atoms with E-state index in [2.05, 4.69) is 78.3 Å². The number of thiophene rings is 2. The van der Waals surface area contributed by atoms with E-state index in [0.29, 0.717) is 0 Å². The summed E-state index contributed by atoms with van der Waals surface area (Å²) < 4.78 is 3.42. The van der Waals surface area contributed by atoms with Crippen molar-refractivity contribution < 1.29 is 0 Å². The molecule has 110 valence electrons. The zero-order chi connectivity index (χ0) is 15.3. The van der Waals surface area contributed by atoms with Gasteiger partial charge < -0.3 is 0 Å². The van der Waals surface area contributed by atoms with Crippen LogP contribution in [0.2, 0.25) is 29.6 Å². The van der Waals surface area contributed by atoms with Crippen LogP contribution < -0.4 is 5.79 Å². The average Bonchev–Trinajstić information content (AvgIpc) is 2.80. The first-order valence-electron chi connectivity index (χ1n) is 7.22. The van der Waals surface area contributed by atoms with E-state index >= 15 is 0 Å². The molecule has 2 aromatic heterocycles. The van der Waals surface area contributed by atoms with Gasteiger partial charge in [-0.25, -0.2) is 0 Å². The summed E-state index contributed by atoms with van der Waals surface area (Å²) in [5.74, 6) is 0. The molecule has 0 amide bonds. The fraction of sp³-hybridized carbons (Fsp3) is 0.500. The Morgan fingerprint density at radius 2 is 0.950 bits per heavy atom. The van der Waals surface area contributed by atoms with Gasteiger partial charge in [-0.05, 0) is 0 Å². The molecule has 0 unspecified atom stereocenters. The van der Waals surface area contributed by atoms with Gasteiger partial charge in [0.1, 0.15) is 0 Å². The van der Waals surface area contributed by atoms with Crippen LogP contribution in [-0.2, 0) is 0 Å². The molecule has 0 aliphatic rings. The number of hydrogen-bond donors (Lipinski definition) is 0. The third kappa shape index (κ3) is 3.66. The molecule has 0 saturated heterocycles. The van der Waals surface area contributed by atoms with Crippen LogP contribution in [0, 0.1) is 13.8 Å². The average molecular weight is 520 g/mol. The molecule has 0 aromatic carbocycles. The molecular weight excluding hydrogens is 494 g/mol. The summed E-state index contributed by atoms with van der Waals surface area (Å²) in [5.41, 5.74) is 2.99. The molecule has 0 fully saturated rings. The normalized spacial score (nSPS) is 13.0. The predicted octanol–water partition coefficient (Wildman–Crippen LogP) is 5.18. The first-order valence-corrected chi connectivity index (χ1v) is 28.8. The van der Waals surface area contributed by atoms with Crippen molar-refractivity contribution in [3.63, 3.8) is 0 Å². The van der Waals surface area contributed by atoms with Gasteiger partial charge in [0, 0.05) is 0 Å². The molecule has 2 aromatic rings. The van der Waals surface area contributed by atoms with Crippen LogP contribution in [0.3, 0.4) is 0 Å². The summed E-state index contributed by atoms with van der Waals surface area (Å²) in [6, 6.07) is 4.96. The predicted molar refractivity (Wildman–Crippen MR) is 103 cm³/mol. The van der Waals surface area contributed by atoms with Gasteiger partial charge in [-0.1, -0.05) is 0 Å². The van der Waals surface area contributed by atoms with Crippen LogP contribution in [-0.4, -0.2) is 36.8 Å². The quantitative estimate of drug-likeness (QED) is 0.490. The van der Waals surface area contributed by atoms with Gasteiger partial charge in [0.25, 0.3) is 0 Å². The summed E-state index contributed by atoms with van der Waals surface area (Å²) in [7, 11) is 0. The molecular formula is C16H26S2Sn2. The van der Waals surface area contributed by atoms with Crippen LogP contribution in [0.25, 0.3) is 9.75 Å². The van der Waals surface area contributed by atoms with Gasteiger partial charge in [-0.2, -0.15) is 0 Å². The third-order valence-corrected chi connectivity index (χ3v) is 25.0. The van der Waals surface area contributed by atoms with Gasteiger partial charge >= 0.3 is 142 Å². The summed E-state index contributed by atoms with van der Waals surface area (Å²) >= 11 is 0.317. The van der Waals surface area contributed by atoms with Crippen LogP contribution in [0.5, 0.6) is 0 Å². The maximum atomic E-state index is 2.52. The molecule has 4 heteroatoms. The molecule has 2 rings (SSSR count). The third-order valence-electron chi connectivity index (χ3n) is 3.52. The Bertz CT molecular complexity index is 566. The van der Waals surface area contributed by atoms with Crippen molar-refractivity contribution in [3.05, 3.63) is 23.3 Å². The molecule has 0 N–H and O–H groups in total. The molecule has 2 heterocycles. The fourth-order valence-corrected chi connectivity index (χ4v) is 15.6. The van der Waals surface area contributed by atoms with Gasteiger partial charge in [0.05, 0.1) is 0 Å². The van der Waals surface area contributed by atoms with E-state index in [-0.39, 0.29) is 0 Å². The second-order valence-electron chi connectivity index (χ2n) is 7.75. The van der Waals surface area contributed by atoms with Crippen LogP contribution in [0.15, 0.2) is 12.1 Å². The molecule has 0 atom stereocenters. The molecule has 0 bridgehead atoms. The minimum atomic E-state index is -1.93. The maximum absolute atomic E-state index is 2.52. The first kappa shape index (κ1) is 17.4. The van der Waals surface area contributed by atoms with Crippen molar-refractivity contribution in [1.29, 1.82) is 0 Å². The Morgan fingerprint density at radius 3 is 1.15 bits per heavy atom. The number of hydrogen-bond acceptors (Lipinski definition) is 2. The van der Waals surface area contributed by atoms with E-state index in [4.69, 9.17) is 0 Å². The van der Waals surface area contributed by atoms with E-state index in [0.717, 1.165) is 0 Å². The topological polar surface area (TPSA) is 0 Å². The van der Waals surface area contributed by atoms with Crippen molar-refractivity contribution >= 4 is 65.2 Å². The van der Waals surface area contributed by atoms with Crippen molar-refractivity contribution in [3.8, 4) is 9.75 Å². The van der Waals surface area contributed by atoms with E-state index < -0.39 is 36.8 Å². The molecule has 0 spiro atoms. The fourth-order valence-electron chi connectivity index (χ4n) is 2.15. The SMILES string of the molecule is Cc1c[c]([Sn]([CH3])([CH3])[CH3])sc1-c1s[c]([Sn]([CH3])([CH3])[CH3])cc1C. The zero-order valence-electron chi connectivity index (χ0n) is 14.0. The van der Waals surface area contributed by atoms with Crippen molar-refractivity contribution in [2.24, 2.45) is 0 Å². The van der Waals surface area contributed by atoms with Crippen molar-refractivity contribution in [1.82, 2.24) is 0 Å². The van der Waals surface area contributed by atoms with Crippen molar-refractivity contribution in [2.75, 3.05) is 0 Å². The minimum absolute atomic E-state index is 1.50. The van der Waals surface area contributed by atoms with Gasteiger partial charge in [0.15, 0.2) is 0 Å². The van der Waals surface area contributed by atoms with Crippen molar-refractivity contribution in [2.45, 2.75) is 43.5 Å². The molecule has 0 aliphatic carbocycles. The number of rotatable bonds is 3. The second kappa shape index (κ2) is 5.89. The Hall–Kier alpha value is 0.997. The van der Waals surface area contributed by atoms with E-state index in [1.807, 2.05) is 0 Å². The monoisotopic (exact) mass is 522 g/mol. The number of aryl methyl sites for hydroxylation is 2. The Morgan fingerprint density at radius 1 is 0.650 bits per heavy atom. The van der Waals surface area contributed by atoms with E-state index in [1.165, 1.54) is 11.1 Å². The van der Waals surface area contributed by atoms with Crippen LogP contribution >= 0.6 is 22.7 Å². The Balaban J connectivity index is 2.53. The molecule has 0 saturated carbocycles. The van der Waals surface area contributed by atoms with E-state index in [1.54, 1.807) is 15.5 Å². The van der Waals surface area contributed by atoms with Gasteiger partial charge in [-0.15, -0.1) is 0 Å². The Labute approximate surface area is 140 Å². The van der Waals surface area contributed by atoms with Gasteiger partial charge in [-0.3, -0.25) is 0 Å². The molecule has 0 radical (unpaired) electrons.